The highest BCUT2D eigenvalue weighted by Gasteiger charge is 2.22. The second-order valence-corrected chi connectivity index (χ2v) is 4.05. The minimum absolute atomic E-state index is 0.0629. The summed E-state index contributed by atoms with van der Waals surface area (Å²) in [5, 5.41) is 15.9. The Morgan fingerprint density at radius 3 is 3.29 bits per heavy atom. The number of carbonyl (C=O) groups is 1. The molecule has 2 heterocycles. The van der Waals surface area contributed by atoms with Gasteiger partial charge in [0.05, 0.1) is 25.5 Å². The van der Waals surface area contributed by atoms with Crippen molar-refractivity contribution in [3.8, 4) is 5.88 Å². The first-order valence-electron chi connectivity index (χ1n) is 5.86. The summed E-state index contributed by atoms with van der Waals surface area (Å²) >= 11 is 0. The van der Waals surface area contributed by atoms with Crippen molar-refractivity contribution in [3.05, 3.63) is 11.8 Å². The lowest BCUT2D eigenvalue weighted by molar-refractivity contribution is 0.0908. The Morgan fingerprint density at radius 2 is 2.59 bits per heavy atom. The third-order valence-electron chi connectivity index (χ3n) is 2.84. The topological polar surface area (TPSA) is 76.4 Å². The van der Waals surface area contributed by atoms with Gasteiger partial charge in [0.1, 0.15) is 5.56 Å². The van der Waals surface area contributed by atoms with E-state index in [1.165, 1.54) is 6.20 Å². The number of nitrogens with zero attached hydrogens (tertiary/aromatic N) is 2. The van der Waals surface area contributed by atoms with Crippen molar-refractivity contribution >= 4 is 5.91 Å². The highest BCUT2D eigenvalue weighted by molar-refractivity contribution is 5.96. The van der Waals surface area contributed by atoms with Crippen molar-refractivity contribution in [2.45, 2.75) is 32.4 Å². The quantitative estimate of drug-likeness (QED) is 0.785. The first kappa shape index (κ1) is 11.9. The van der Waals surface area contributed by atoms with Crippen molar-refractivity contribution in [3.63, 3.8) is 0 Å². The predicted molar refractivity (Wildman–Crippen MR) is 61.0 cm³/mol. The number of aliphatic hydroxyl groups is 1. The van der Waals surface area contributed by atoms with Crippen LogP contribution in [0, 0.1) is 0 Å². The van der Waals surface area contributed by atoms with E-state index in [1.807, 2.05) is 6.92 Å². The fourth-order valence-corrected chi connectivity index (χ4v) is 1.76. The smallest absolute Gasteiger partial charge is 0.258 e. The molecule has 1 aromatic heterocycles. The first-order valence-corrected chi connectivity index (χ1v) is 5.86. The van der Waals surface area contributed by atoms with E-state index in [-0.39, 0.29) is 18.6 Å². The molecular formula is C11H17N3O3. The van der Waals surface area contributed by atoms with Gasteiger partial charge in [-0.05, 0) is 6.42 Å². The zero-order valence-electron chi connectivity index (χ0n) is 9.85. The van der Waals surface area contributed by atoms with Gasteiger partial charge in [0.25, 0.3) is 5.91 Å². The van der Waals surface area contributed by atoms with E-state index < -0.39 is 0 Å². The van der Waals surface area contributed by atoms with Crippen molar-refractivity contribution in [1.29, 1.82) is 0 Å². The minimum Gasteiger partial charge on any atom is -0.477 e. The molecular weight excluding hydrogens is 222 g/mol. The van der Waals surface area contributed by atoms with Gasteiger partial charge in [-0.1, -0.05) is 6.92 Å². The maximum Gasteiger partial charge on any atom is 0.258 e. The summed E-state index contributed by atoms with van der Waals surface area (Å²) in [5.74, 6) is 0.288. The van der Waals surface area contributed by atoms with Crippen LogP contribution in [0.2, 0.25) is 0 Å². The van der Waals surface area contributed by atoms with E-state index in [4.69, 9.17) is 9.84 Å². The molecule has 0 radical (unpaired) electrons. The van der Waals surface area contributed by atoms with E-state index >= 15 is 0 Å². The Bertz CT molecular complexity index is 399. The van der Waals surface area contributed by atoms with Gasteiger partial charge in [0, 0.05) is 13.0 Å². The van der Waals surface area contributed by atoms with Gasteiger partial charge in [-0.2, -0.15) is 5.10 Å². The number of aliphatic hydroxyl groups excluding tert-OH is 1. The maximum absolute atomic E-state index is 12.0. The minimum atomic E-state index is -0.242. The Balaban J connectivity index is 2.11. The zero-order valence-corrected chi connectivity index (χ0v) is 9.85. The second-order valence-electron chi connectivity index (χ2n) is 4.05. The van der Waals surface area contributed by atoms with Gasteiger partial charge in [-0.3, -0.25) is 4.79 Å². The normalized spacial score (nSPS) is 15.9. The van der Waals surface area contributed by atoms with Crippen LogP contribution >= 0.6 is 0 Å². The first-order chi connectivity index (χ1) is 8.26. The number of fused-ring (bicyclic) bond motifs is 1. The lowest BCUT2D eigenvalue weighted by Gasteiger charge is -2.17. The van der Waals surface area contributed by atoms with E-state index in [0.717, 1.165) is 13.0 Å². The van der Waals surface area contributed by atoms with E-state index in [0.29, 0.717) is 24.5 Å². The largest absolute Gasteiger partial charge is 0.477 e. The fraction of sp³-hybridized carbons (Fsp3) is 0.636. The molecule has 94 valence electrons. The number of amides is 1. The number of nitrogens with one attached hydrogen (secondary N) is 1. The Labute approximate surface area is 99.6 Å². The molecule has 0 spiro atoms. The molecule has 1 aliphatic heterocycles. The summed E-state index contributed by atoms with van der Waals surface area (Å²) in [6.45, 7) is 3.24. The summed E-state index contributed by atoms with van der Waals surface area (Å²) in [6, 6.07) is -0.221. The number of aryl methyl sites for hydroxylation is 1. The van der Waals surface area contributed by atoms with Crippen LogP contribution in [0.15, 0.2) is 6.20 Å². The standard InChI is InChI=1S/C11H17N3O3/c1-2-8(7-15)13-10(16)9-6-12-14-4-3-5-17-11(9)14/h6,8,15H,2-5,7H2,1H3,(H,13,16). The average Bonchev–Trinajstić information content (AvgIpc) is 2.79. The van der Waals surface area contributed by atoms with Crippen LogP contribution in [0.25, 0.3) is 0 Å². The molecule has 0 fully saturated rings. The molecule has 0 aromatic carbocycles. The molecule has 1 aromatic rings. The molecule has 0 bridgehead atoms. The van der Waals surface area contributed by atoms with Gasteiger partial charge in [0.2, 0.25) is 5.88 Å². The molecule has 0 saturated carbocycles. The van der Waals surface area contributed by atoms with Gasteiger partial charge in [-0.25, -0.2) is 4.68 Å². The fourth-order valence-electron chi connectivity index (χ4n) is 1.76. The van der Waals surface area contributed by atoms with E-state index in [2.05, 4.69) is 10.4 Å². The molecule has 1 aliphatic rings. The summed E-state index contributed by atoms with van der Waals surface area (Å²) in [6.07, 6.45) is 3.11. The lowest BCUT2D eigenvalue weighted by Crippen LogP contribution is -2.37. The summed E-state index contributed by atoms with van der Waals surface area (Å²) < 4.78 is 7.13. The summed E-state index contributed by atoms with van der Waals surface area (Å²) in [7, 11) is 0. The number of ether oxygens (including phenoxy) is 1. The van der Waals surface area contributed by atoms with Gasteiger partial charge >= 0.3 is 0 Å². The van der Waals surface area contributed by atoms with Gasteiger partial charge in [0.15, 0.2) is 0 Å². The van der Waals surface area contributed by atoms with E-state index in [9.17, 15) is 4.79 Å². The van der Waals surface area contributed by atoms with Gasteiger partial charge in [-0.15, -0.1) is 0 Å². The van der Waals surface area contributed by atoms with Crippen LogP contribution in [0.1, 0.15) is 30.1 Å². The monoisotopic (exact) mass is 239 g/mol. The lowest BCUT2D eigenvalue weighted by atomic mass is 10.2. The molecule has 1 amide bonds. The SMILES string of the molecule is CCC(CO)NC(=O)c1cnn2c1OCCC2. The molecule has 2 N–H and O–H groups in total. The third-order valence-corrected chi connectivity index (χ3v) is 2.84. The summed E-state index contributed by atoms with van der Waals surface area (Å²) in [5.41, 5.74) is 0.441. The van der Waals surface area contributed by atoms with Crippen molar-refractivity contribution in [2.24, 2.45) is 0 Å². The van der Waals surface area contributed by atoms with Crippen LogP contribution < -0.4 is 10.1 Å². The van der Waals surface area contributed by atoms with Crippen LogP contribution in [0.3, 0.4) is 0 Å². The molecule has 0 aliphatic carbocycles. The van der Waals surface area contributed by atoms with Crippen molar-refractivity contribution in [1.82, 2.24) is 15.1 Å². The molecule has 1 unspecified atom stereocenters. The molecule has 17 heavy (non-hydrogen) atoms. The molecule has 6 heteroatoms. The number of hydrogen-bond acceptors (Lipinski definition) is 4. The molecule has 0 saturated heterocycles. The average molecular weight is 239 g/mol. The Morgan fingerprint density at radius 1 is 1.76 bits per heavy atom. The summed E-state index contributed by atoms with van der Waals surface area (Å²) in [4.78, 5) is 12.0. The molecule has 6 nitrogen and oxygen atoms in total. The van der Waals surface area contributed by atoms with Crippen LogP contribution in [-0.4, -0.2) is 40.0 Å². The number of aromatic nitrogens is 2. The Hall–Kier alpha value is -1.56. The maximum atomic E-state index is 12.0. The zero-order chi connectivity index (χ0) is 12.3. The van der Waals surface area contributed by atoms with Gasteiger partial charge < -0.3 is 15.2 Å². The number of carbonyl (C=O) groups excluding carboxylic acids is 1. The molecule has 2 rings (SSSR count). The van der Waals surface area contributed by atoms with Crippen molar-refractivity contribution in [2.75, 3.05) is 13.2 Å². The number of hydrogen-bond donors (Lipinski definition) is 2. The Kier molecular flexibility index (Phi) is 3.63. The highest BCUT2D eigenvalue weighted by Crippen LogP contribution is 2.22. The van der Waals surface area contributed by atoms with Crippen LogP contribution in [0.5, 0.6) is 5.88 Å². The third kappa shape index (κ3) is 2.41. The van der Waals surface area contributed by atoms with Crippen LogP contribution in [-0.2, 0) is 6.54 Å². The van der Waals surface area contributed by atoms with Crippen molar-refractivity contribution < 1.29 is 14.6 Å². The predicted octanol–water partition coefficient (Wildman–Crippen LogP) is 0.166. The van der Waals surface area contributed by atoms with E-state index in [1.54, 1.807) is 4.68 Å². The molecule has 1 atom stereocenters. The highest BCUT2D eigenvalue weighted by atomic mass is 16.5. The van der Waals surface area contributed by atoms with Crippen LogP contribution in [0.4, 0.5) is 0 Å². The number of rotatable bonds is 4. The second kappa shape index (κ2) is 5.18.